The van der Waals surface area contributed by atoms with E-state index in [1.165, 1.54) is 0 Å². The van der Waals surface area contributed by atoms with Gasteiger partial charge in [0.25, 0.3) is 5.91 Å². The topological polar surface area (TPSA) is 50.8 Å². The number of carbonyl (C=O) groups is 1. The minimum atomic E-state index is -0.807. The van der Waals surface area contributed by atoms with Gasteiger partial charge in [0, 0.05) is 20.2 Å². The Morgan fingerprint density at radius 1 is 1.38 bits per heavy atom. The predicted octanol–water partition coefficient (Wildman–Crippen LogP) is 2.28. The van der Waals surface area contributed by atoms with Crippen LogP contribution < -0.4 is 10.2 Å². The molecule has 1 amide bonds. The molecule has 2 rings (SSSR count). The van der Waals surface area contributed by atoms with Gasteiger partial charge in [0.2, 0.25) is 0 Å². The molecule has 0 bridgehead atoms. The van der Waals surface area contributed by atoms with Crippen molar-refractivity contribution in [3.8, 4) is 0 Å². The van der Waals surface area contributed by atoms with Crippen LogP contribution in [0.3, 0.4) is 0 Å². The first kappa shape index (κ1) is 15.8. The number of hydrogen-bond donors (Lipinski definition) is 1. The molecule has 1 atom stereocenters. The van der Waals surface area contributed by atoms with E-state index in [0.717, 1.165) is 24.5 Å². The molecule has 0 radical (unpaired) electrons. The predicted molar refractivity (Wildman–Crippen MR) is 83.8 cm³/mol. The van der Waals surface area contributed by atoms with Crippen molar-refractivity contribution in [3.63, 3.8) is 0 Å². The maximum Gasteiger partial charge on any atom is 0.256 e. The molecule has 1 aromatic rings. The van der Waals surface area contributed by atoms with Gasteiger partial charge in [-0.2, -0.15) is 0 Å². The number of amides is 1. The van der Waals surface area contributed by atoms with Gasteiger partial charge in [-0.05, 0) is 25.5 Å². The first-order chi connectivity index (χ1) is 10.1. The van der Waals surface area contributed by atoms with Gasteiger partial charge >= 0.3 is 0 Å². The lowest BCUT2D eigenvalue weighted by atomic mass is 10.0. The molecule has 1 aromatic carbocycles. The summed E-state index contributed by atoms with van der Waals surface area (Å²) in [4.78, 5) is 14.7. The third-order valence-corrected chi connectivity index (χ3v) is 4.11. The molecule has 0 saturated carbocycles. The molecule has 0 aromatic heterocycles. The average molecular weight is 292 g/mol. The zero-order valence-corrected chi connectivity index (χ0v) is 13.0. The molecular weight excluding hydrogens is 268 g/mol. The molecule has 1 N–H and O–H groups in total. The molecule has 5 nitrogen and oxygen atoms in total. The standard InChI is InChI=1S/C16H24N2O3/c1-4-16(2,20-3)15(19)17-13-7-5-6-8-14(13)18-9-11-21-12-10-18/h5-8H,4,9-12H2,1-3H3,(H,17,19). The summed E-state index contributed by atoms with van der Waals surface area (Å²) in [5.41, 5.74) is 1.04. The van der Waals surface area contributed by atoms with E-state index in [1.807, 2.05) is 31.2 Å². The third kappa shape index (κ3) is 3.54. The molecule has 0 aliphatic carbocycles. The summed E-state index contributed by atoms with van der Waals surface area (Å²) in [6.45, 7) is 6.85. The van der Waals surface area contributed by atoms with Crippen LogP contribution in [0.15, 0.2) is 24.3 Å². The van der Waals surface area contributed by atoms with Gasteiger partial charge in [0.05, 0.1) is 24.6 Å². The normalized spacial score (nSPS) is 18.1. The number of para-hydroxylation sites is 2. The molecule has 1 unspecified atom stereocenters. The van der Waals surface area contributed by atoms with E-state index in [1.54, 1.807) is 14.0 Å². The lowest BCUT2D eigenvalue weighted by molar-refractivity contribution is -0.136. The molecule has 1 fully saturated rings. The lowest BCUT2D eigenvalue weighted by Crippen LogP contribution is -2.42. The van der Waals surface area contributed by atoms with Crippen LogP contribution in [0.25, 0.3) is 0 Å². The Morgan fingerprint density at radius 3 is 2.67 bits per heavy atom. The van der Waals surface area contributed by atoms with Crippen molar-refractivity contribution in [1.82, 2.24) is 0 Å². The monoisotopic (exact) mass is 292 g/mol. The van der Waals surface area contributed by atoms with Crippen molar-refractivity contribution in [2.24, 2.45) is 0 Å². The average Bonchev–Trinajstić information content (AvgIpc) is 2.55. The van der Waals surface area contributed by atoms with Crippen LogP contribution in [0.2, 0.25) is 0 Å². The first-order valence-corrected chi connectivity index (χ1v) is 7.39. The van der Waals surface area contributed by atoms with Gasteiger partial charge in [0.15, 0.2) is 0 Å². The second kappa shape index (κ2) is 6.91. The van der Waals surface area contributed by atoms with E-state index in [4.69, 9.17) is 9.47 Å². The number of ether oxygens (including phenoxy) is 2. The molecule has 1 aliphatic heterocycles. The summed E-state index contributed by atoms with van der Waals surface area (Å²) >= 11 is 0. The molecule has 0 spiro atoms. The van der Waals surface area contributed by atoms with E-state index in [0.29, 0.717) is 19.6 Å². The van der Waals surface area contributed by atoms with Crippen LogP contribution in [0, 0.1) is 0 Å². The van der Waals surface area contributed by atoms with E-state index in [9.17, 15) is 4.79 Å². The maximum atomic E-state index is 12.5. The summed E-state index contributed by atoms with van der Waals surface area (Å²) < 4.78 is 10.7. The Morgan fingerprint density at radius 2 is 2.05 bits per heavy atom. The number of methoxy groups -OCH3 is 1. The Hall–Kier alpha value is -1.59. The first-order valence-electron chi connectivity index (χ1n) is 7.39. The second-order valence-electron chi connectivity index (χ2n) is 5.36. The van der Waals surface area contributed by atoms with Crippen molar-refractivity contribution in [1.29, 1.82) is 0 Å². The van der Waals surface area contributed by atoms with Crippen LogP contribution in [-0.2, 0) is 14.3 Å². The highest BCUT2D eigenvalue weighted by Gasteiger charge is 2.31. The number of rotatable bonds is 5. The van der Waals surface area contributed by atoms with E-state index >= 15 is 0 Å². The second-order valence-corrected chi connectivity index (χ2v) is 5.36. The summed E-state index contributed by atoms with van der Waals surface area (Å²) in [6, 6.07) is 7.86. The summed E-state index contributed by atoms with van der Waals surface area (Å²) in [5.74, 6) is -0.117. The molecular formula is C16H24N2O3. The largest absolute Gasteiger partial charge is 0.378 e. The van der Waals surface area contributed by atoms with E-state index in [-0.39, 0.29) is 5.91 Å². The van der Waals surface area contributed by atoms with Crippen molar-refractivity contribution < 1.29 is 14.3 Å². The van der Waals surface area contributed by atoms with Gasteiger partial charge in [-0.3, -0.25) is 4.79 Å². The molecule has 21 heavy (non-hydrogen) atoms. The van der Waals surface area contributed by atoms with Gasteiger partial charge < -0.3 is 19.7 Å². The zero-order chi connectivity index (χ0) is 15.3. The molecule has 1 saturated heterocycles. The zero-order valence-electron chi connectivity index (χ0n) is 13.0. The minimum absolute atomic E-state index is 0.117. The number of benzene rings is 1. The third-order valence-electron chi connectivity index (χ3n) is 4.11. The van der Waals surface area contributed by atoms with Crippen molar-refractivity contribution in [2.45, 2.75) is 25.9 Å². The quantitative estimate of drug-likeness (QED) is 0.904. The van der Waals surface area contributed by atoms with Gasteiger partial charge in [-0.1, -0.05) is 19.1 Å². The van der Waals surface area contributed by atoms with E-state index in [2.05, 4.69) is 10.2 Å². The van der Waals surface area contributed by atoms with Gasteiger partial charge in [-0.25, -0.2) is 0 Å². The highest BCUT2D eigenvalue weighted by molar-refractivity contribution is 5.99. The maximum absolute atomic E-state index is 12.5. The Balaban J connectivity index is 2.18. The van der Waals surface area contributed by atoms with Crippen LogP contribution >= 0.6 is 0 Å². The Bertz CT molecular complexity index is 480. The summed E-state index contributed by atoms with van der Waals surface area (Å²) in [6.07, 6.45) is 0.620. The fourth-order valence-corrected chi connectivity index (χ4v) is 2.31. The number of nitrogens with one attached hydrogen (secondary N) is 1. The molecule has 116 valence electrons. The number of carbonyl (C=O) groups excluding carboxylic acids is 1. The molecule has 1 aliphatic rings. The highest BCUT2D eigenvalue weighted by atomic mass is 16.5. The Kier molecular flexibility index (Phi) is 5.20. The van der Waals surface area contributed by atoms with Crippen LogP contribution in [-0.4, -0.2) is 44.9 Å². The summed E-state index contributed by atoms with van der Waals surface area (Å²) in [7, 11) is 1.57. The number of anilines is 2. The fraction of sp³-hybridized carbons (Fsp3) is 0.562. The lowest BCUT2D eigenvalue weighted by Gasteiger charge is -2.31. The summed E-state index contributed by atoms with van der Waals surface area (Å²) in [5, 5.41) is 3.00. The van der Waals surface area contributed by atoms with E-state index < -0.39 is 5.60 Å². The van der Waals surface area contributed by atoms with Gasteiger partial charge in [-0.15, -0.1) is 0 Å². The fourth-order valence-electron chi connectivity index (χ4n) is 2.31. The SMILES string of the molecule is CCC(C)(OC)C(=O)Nc1ccccc1N1CCOCC1. The smallest absolute Gasteiger partial charge is 0.256 e. The number of morpholine rings is 1. The van der Waals surface area contributed by atoms with Crippen molar-refractivity contribution in [3.05, 3.63) is 24.3 Å². The number of nitrogens with zero attached hydrogens (tertiary/aromatic N) is 1. The number of hydrogen-bond acceptors (Lipinski definition) is 4. The molecule has 5 heteroatoms. The van der Waals surface area contributed by atoms with Gasteiger partial charge in [0.1, 0.15) is 5.60 Å². The van der Waals surface area contributed by atoms with Crippen molar-refractivity contribution >= 4 is 17.3 Å². The van der Waals surface area contributed by atoms with Crippen LogP contribution in [0.1, 0.15) is 20.3 Å². The highest BCUT2D eigenvalue weighted by Crippen LogP contribution is 2.28. The van der Waals surface area contributed by atoms with Crippen LogP contribution in [0.5, 0.6) is 0 Å². The van der Waals surface area contributed by atoms with Crippen molar-refractivity contribution in [2.75, 3.05) is 43.6 Å². The minimum Gasteiger partial charge on any atom is -0.378 e. The van der Waals surface area contributed by atoms with Crippen LogP contribution in [0.4, 0.5) is 11.4 Å². The molecule has 1 heterocycles. The Labute approximate surface area is 126 Å².